The number of esters is 1. The lowest BCUT2D eigenvalue weighted by Crippen LogP contribution is -2.50. The van der Waals surface area contributed by atoms with Crippen molar-refractivity contribution in [1.82, 2.24) is 15.6 Å². The second-order valence-electron chi connectivity index (χ2n) is 10.0. The second kappa shape index (κ2) is 16.2. The number of oxazole rings is 1. The van der Waals surface area contributed by atoms with Crippen LogP contribution in [0.15, 0.2) is 84.3 Å². The fraction of sp³-hybridized carbons (Fsp3) is 0.375. The van der Waals surface area contributed by atoms with Crippen LogP contribution in [0.1, 0.15) is 37.3 Å². The molecule has 0 aliphatic rings. The van der Waals surface area contributed by atoms with Crippen molar-refractivity contribution in [3.63, 3.8) is 0 Å². The van der Waals surface area contributed by atoms with Crippen molar-refractivity contribution < 1.29 is 33.4 Å². The number of hydrogen-bond acceptors (Lipinski definition) is 8. The number of carbonyl (C=O) groups excluding carboxylic acids is 3. The van der Waals surface area contributed by atoms with E-state index in [0.29, 0.717) is 29.0 Å². The van der Waals surface area contributed by atoms with Gasteiger partial charge in [-0.05, 0) is 37.5 Å². The molecule has 10 nitrogen and oxygen atoms in total. The van der Waals surface area contributed by atoms with Gasteiger partial charge in [-0.25, -0.2) is 4.98 Å². The zero-order valence-electron chi connectivity index (χ0n) is 24.0. The molecule has 0 spiro atoms. The maximum atomic E-state index is 13.6. The van der Waals surface area contributed by atoms with E-state index < -0.39 is 47.8 Å². The number of hydrogen-bond donors (Lipinski definition) is 3. The van der Waals surface area contributed by atoms with Crippen molar-refractivity contribution in [2.24, 2.45) is 11.8 Å². The van der Waals surface area contributed by atoms with Crippen molar-refractivity contribution >= 4 is 28.9 Å². The summed E-state index contributed by atoms with van der Waals surface area (Å²) in [6.45, 7) is 8.79. The van der Waals surface area contributed by atoms with Crippen LogP contribution in [-0.4, -0.2) is 60.3 Å². The predicted molar refractivity (Wildman–Crippen MR) is 158 cm³/mol. The van der Waals surface area contributed by atoms with Gasteiger partial charge in [0.15, 0.2) is 11.5 Å². The Morgan fingerprint density at radius 2 is 1.67 bits per heavy atom. The number of nitrogens with one attached hydrogen (secondary N) is 2. The Kier molecular flexibility index (Phi) is 12.5. The largest absolute Gasteiger partial charge is 0.455 e. The zero-order chi connectivity index (χ0) is 30.5. The number of nitrogens with zero attached hydrogens (tertiary/aromatic N) is 1. The minimum Gasteiger partial charge on any atom is -0.455 e. The van der Waals surface area contributed by atoms with Crippen LogP contribution in [0.3, 0.4) is 0 Å². The number of amides is 2. The topological polar surface area (TPSA) is 140 Å². The van der Waals surface area contributed by atoms with E-state index in [4.69, 9.17) is 13.9 Å². The van der Waals surface area contributed by atoms with Gasteiger partial charge in [0.25, 0.3) is 0 Å². The molecule has 1 aromatic heterocycles. The van der Waals surface area contributed by atoms with Crippen LogP contribution in [0.25, 0.3) is 11.1 Å². The number of methoxy groups -OCH3 is 1. The Morgan fingerprint density at radius 1 is 1.00 bits per heavy atom. The molecule has 5 atom stereocenters. The third-order valence-corrected chi connectivity index (χ3v) is 6.65. The van der Waals surface area contributed by atoms with E-state index in [-0.39, 0.29) is 26.1 Å². The number of rotatable bonds is 17. The average molecular weight is 578 g/mol. The highest BCUT2D eigenvalue weighted by Gasteiger charge is 2.35. The molecular formula is C32H39N3O7. The summed E-state index contributed by atoms with van der Waals surface area (Å²) in [4.78, 5) is 44.4. The minimum absolute atomic E-state index is 0.00863. The number of aliphatic hydroxyl groups excluding tert-OH is 1. The molecule has 10 heteroatoms. The quantitative estimate of drug-likeness (QED) is 0.125. The van der Waals surface area contributed by atoms with Crippen molar-refractivity contribution in [1.29, 1.82) is 0 Å². The van der Waals surface area contributed by atoms with Crippen LogP contribution in [0.2, 0.25) is 0 Å². The van der Waals surface area contributed by atoms with E-state index in [2.05, 4.69) is 28.8 Å². The van der Waals surface area contributed by atoms with Gasteiger partial charge in [-0.2, -0.15) is 0 Å². The van der Waals surface area contributed by atoms with Gasteiger partial charge in [0.2, 0.25) is 11.8 Å². The maximum Gasteiger partial charge on any atom is 0.310 e. The molecule has 0 bridgehead atoms. The van der Waals surface area contributed by atoms with E-state index in [1.807, 2.05) is 24.3 Å². The van der Waals surface area contributed by atoms with Gasteiger partial charge in [0.05, 0.1) is 25.2 Å². The molecule has 0 fully saturated rings. The molecule has 0 radical (unpaired) electrons. The first-order chi connectivity index (χ1) is 20.3. The highest BCUT2D eigenvalue weighted by atomic mass is 16.5. The number of ether oxygens (including phenoxy) is 2. The standard InChI is InChI=1S/C32H39N3O7/c1-5-12-23(18-28-34-25-16-10-11-17-27(25)41-28)32(39)42-29(22-14-8-7-9-15-22)26(20-40-4)35-31(38)24(13-6-2)30(37)33-21(3)19-36/h5-11,14-17,21,23-24,26,29,36H,1-2,12-13,18-20H2,3-4H3,(H,33,37)(H,35,38)/t21-,23-,24?,26+,29+/m1/s1. The molecule has 0 aliphatic heterocycles. The molecule has 0 saturated carbocycles. The van der Waals surface area contributed by atoms with Crippen molar-refractivity contribution in [2.75, 3.05) is 20.3 Å². The molecular weight excluding hydrogens is 538 g/mol. The lowest BCUT2D eigenvalue weighted by molar-refractivity contribution is -0.158. The Labute approximate surface area is 245 Å². The minimum atomic E-state index is -1.12. The van der Waals surface area contributed by atoms with Gasteiger partial charge in [0, 0.05) is 19.6 Å². The Morgan fingerprint density at radius 3 is 2.31 bits per heavy atom. The van der Waals surface area contributed by atoms with Crippen LogP contribution in [0, 0.1) is 11.8 Å². The summed E-state index contributed by atoms with van der Waals surface area (Å²) in [7, 11) is 1.47. The lowest BCUT2D eigenvalue weighted by Gasteiger charge is -2.30. The molecule has 3 aromatic rings. The van der Waals surface area contributed by atoms with Crippen LogP contribution >= 0.6 is 0 Å². The molecule has 0 saturated heterocycles. The Hall–Kier alpha value is -4.28. The molecule has 2 amide bonds. The van der Waals surface area contributed by atoms with Crippen LogP contribution in [-0.2, 0) is 30.3 Å². The first kappa shape index (κ1) is 32.2. The summed E-state index contributed by atoms with van der Waals surface area (Å²) in [5.41, 5.74) is 1.94. The fourth-order valence-electron chi connectivity index (χ4n) is 4.49. The summed E-state index contributed by atoms with van der Waals surface area (Å²) < 4.78 is 17.3. The van der Waals surface area contributed by atoms with Gasteiger partial charge in [0.1, 0.15) is 17.5 Å². The first-order valence-electron chi connectivity index (χ1n) is 13.8. The van der Waals surface area contributed by atoms with Gasteiger partial charge >= 0.3 is 5.97 Å². The van der Waals surface area contributed by atoms with Crippen LogP contribution in [0.4, 0.5) is 0 Å². The molecule has 1 unspecified atom stereocenters. The smallest absolute Gasteiger partial charge is 0.310 e. The number of benzene rings is 2. The zero-order valence-corrected chi connectivity index (χ0v) is 24.0. The molecule has 0 aliphatic carbocycles. The van der Waals surface area contributed by atoms with E-state index in [0.717, 1.165) is 0 Å². The summed E-state index contributed by atoms with van der Waals surface area (Å²) in [6, 6.07) is 15.0. The van der Waals surface area contributed by atoms with E-state index in [1.165, 1.54) is 13.2 Å². The van der Waals surface area contributed by atoms with Crippen molar-refractivity contribution in [2.45, 2.75) is 44.4 Å². The Balaban J connectivity index is 1.86. The van der Waals surface area contributed by atoms with E-state index >= 15 is 0 Å². The number of carbonyl (C=O) groups is 3. The lowest BCUT2D eigenvalue weighted by atomic mass is 9.98. The van der Waals surface area contributed by atoms with Crippen molar-refractivity contribution in [3.05, 3.63) is 91.4 Å². The highest BCUT2D eigenvalue weighted by Crippen LogP contribution is 2.27. The predicted octanol–water partition coefficient (Wildman–Crippen LogP) is 3.67. The summed E-state index contributed by atoms with van der Waals surface area (Å²) in [6.07, 6.45) is 2.73. The number of aromatic nitrogens is 1. The second-order valence-corrected chi connectivity index (χ2v) is 10.0. The Bertz CT molecular complexity index is 1310. The van der Waals surface area contributed by atoms with Crippen LogP contribution < -0.4 is 10.6 Å². The summed E-state index contributed by atoms with van der Waals surface area (Å²) in [5.74, 6) is -3.05. The van der Waals surface area contributed by atoms with Crippen LogP contribution in [0.5, 0.6) is 0 Å². The van der Waals surface area contributed by atoms with Gasteiger partial charge < -0.3 is 29.6 Å². The van der Waals surface area contributed by atoms with E-state index in [9.17, 15) is 19.5 Å². The van der Waals surface area contributed by atoms with E-state index in [1.54, 1.807) is 43.3 Å². The molecule has 1 heterocycles. The van der Waals surface area contributed by atoms with Gasteiger partial charge in [-0.3, -0.25) is 14.4 Å². The maximum absolute atomic E-state index is 13.6. The number of aliphatic hydroxyl groups is 1. The molecule has 2 aromatic carbocycles. The third kappa shape index (κ3) is 8.86. The van der Waals surface area contributed by atoms with Gasteiger partial charge in [-0.15, -0.1) is 13.2 Å². The molecule has 42 heavy (non-hydrogen) atoms. The number of fused-ring (bicyclic) bond motifs is 1. The first-order valence-corrected chi connectivity index (χ1v) is 13.8. The SMILES string of the molecule is C=CCC(C(=O)N[C@H](C)CO)C(=O)N[C@@H](COC)[C@@H](OC(=O)[C@H](CC=C)Cc1nc2ccccc2o1)c1ccccc1. The third-order valence-electron chi connectivity index (χ3n) is 6.65. The fourth-order valence-corrected chi connectivity index (χ4v) is 4.49. The van der Waals surface area contributed by atoms with Gasteiger partial charge in [-0.1, -0.05) is 54.6 Å². The molecule has 224 valence electrons. The average Bonchev–Trinajstić information content (AvgIpc) is 3.41. The normalized spacial score (nSPS) is 14.6. The summed E-state index contributed by atoms with van der Waals surface area (Å²) >= 11 is 0. The molecule has 3 rings (SSSR count). The number of allylic oxidation sites excluding steroid dienone is 2. The highest BCUT2D eigenvalue weighted by molar-refractivity contribution is 6.00. The number of para-hydroxylation sites is 2. The van der Waals surface area contributed by atoms with Crippen molar-refractivity contribution in [3.8, 4) is 0 Å². The summed E-state index contributed by atoms with van der Waals surface area (Å²) in [5, 5.41) is 14.8. The molecule has 3 N–H and O–H groups in total. The monoisotopic (exact) mass is 577 g/mol.